The number of pyridine rings is 1. The highest BCUT2D eigenvalue weighted by molar-refractivity contribution is 7.85. The number of piperazine rings is 1. The van der Waals surface area contributed by atoms with Gasteiger partial charge in [-0.1, -0.05) is 6.07 Å². The topological polar surface area (TPSA) is 79.0 Å². The molecule has 0 saturated carbocycles. The maximum absolute atomic E-state index is 10.5. The highest BCUT2D eigenvalue weighted by Crippen LogP contribution is 2.04. The van der Waals surface area contributed by atoms with Crippen molar-refractivity contribution in [1.82, 2.24) is 0 Å². The lowest BCUT2D eigenvalue weighted by molar-refractivity contribution is -0.900. The predicted molar refractivity (Wildman–Crippen MR) is 70.0 cm³/mol. The first kappa shape index (κ1) is 14.2. The maximum atomic E-state index is 10.5. The summed E-state index contributed by atoms with van der Waals surface area (Å²) in [4.78, 5) is 6.87. The summed E-state index contributed by atoms with van der Waals surface area (Å²) in [5.41, 5.74) is 0. The lowest BCUT2D eigenvalue weighted by Gasteiger charge is -2.28. The Balaban J connectivity index is 1.74. The summed E-state index contributed by atoms with van der Waals surface area (Å²) in [7, 11) is -4.06. The summed E-state index contributed by atoms with van der Waals surface area (Å²) >= 11 is 0. The van der Waals surface area contributed by atoms with Crippen molar-refractivity contribution in [3.63, 3.8) is 0 Å². The Hall–Kier alpha value is -1.18. The van der Waals surface area contributed by atoms with Gasteiger partial charge in [0.1, 0.15) is 26.2 Å². The number of nitrogens with one attached hydrogen (secondary N) is 2. The Morgan fingerprint density at radius 2 is 2.05 bits per heavy atom. The van der Waals surface area contributed by atoms with Crippen molar-refractivity contribution in [2.45, 2.75) is 6.42 Å². The molecule has 0 aliphatic carbocycles. The fourth-order valence-corrected chi connectivity index (χ4v) is 2.89. The van der Waals surface area contributed by atoms with Crippen molar-refractivity contribution in [3.05, 3.63) is 24.4 Å². The van der Waals surface area contributed by atoms with Gasteiger partial charge in [-0.15, -0.1) is 0 Å². The van der Waals surface area contributed by atoms with Crippen LogP contribution in [-0.4, -0.2) is 51.4 Å². The molecule has 1 saturated heterocycles. The van der Waals surface area contributed by atoms with Crippen molar-refractivity contribution >= 4 is 15.9 Å². The van der Waals surface area contributed by atoms with Gasteiger partial charge >= 0.3 is 0 Å². The fraction of sp³-hybridized carbons (Fsp3) is 0.583. The van der Waals surface area contributed by atoms with Gasteiger partial charge in [0.25, 0.3) is 5.82 Å². The van der Waals surface area contributed by atoms with E-state index in [0.29, 0.717) is 6.42 Å². The van der Waals surface area contributed by atoms with Gasteiger partial charge in [0.05, 0.1) is 22.9 Å². The number of hydrogen-bond donors (Lipinski definition) is 1. The second-order valence-electron chi connectivity index (χ2n) is 4.85. The van der Waals surface area contributed by atoms with E-state index in [2.05, 4.69) is 16.0 Å². The van der Waals surface area contributed by atoms with E-state index in [9.17, 15) is 13.0 Å². The molecule has 0 radical (unpaired) electrons. The van der Waals surface area contributed by atoms with Crippen molar-refractivity contribution < 1.29 is 22.9 Å². The normalized spacial score (nSPS) is 17.6. The lowest BCUT2D eigenvalue weighted by Crippen LogP contribution is -3.15. The van der Waals surface area contributed by atoms with Crippen LogP contribution in [0.5, 0.6) is 0 Å². The molecule has 1 aliphatic rings. The van der Waals surface area contributed by atoms with Crippen LogP contribution >= 0.6 is 0 Å². The summed E-state index contributed by atoms with van der Waals surface area (Å²) in [6.07, 6.45) is 2.37. The van der Waals surface area contributed by atoms with Gasteiger partial charge in [0.2, 0.25) is 0 Å². The van der Waals surface area contributed by atoms with Gasteiger partial charge in [-0.05, 0) is 6.07 Å². The van der Waals surface area contributed by atoms with Crippen LogP contribution in [0.15, 0.2) is 24.4 Å². The van der Waals surface area contributed by atoms with Crippen LogP contribution in [-0.2, 0) is 10.1 Å². The average molecular weight is 286 g/mol. The van der Waals surface area contributed by atoms with Crippen LogP contribution in [0, 0.1) is 0 Å². The Bertz CT molecular complexity index is 484. The number of anilines is 1. The van der Waals surface area contributed by atoms with Gasteiger partial charge in [0, 0.05) is 18.2 Å². The van der Waals surface area contributed by atoms with Crippen molar-refractivity contribution in [2.75, 3.05) is 43.4 Å². The quantitative estimate of drug-likeness (QED) is 0.644. The van der Waals surface area contributed by atoms with E-state index in [1.165, 1.54) is 4.90 Å². The number of H-pyrrole nitrogens is 1. The third-order valence-corrected chi connectivity index (χ3v) is 4.22. The summed E-state index contributed by atoms with van der Waals surface area (Å²) in [6, 6.07) is 6.01. The van der Waals surface area contributed by atoms with Crippen LogP contribution in [0.4, 0.5) is 5.82 Å². The molecule has 0 atom stereocenters. The second kappa shape index (κ2) is 6.31. The van der Waals surface area contributed by atoms with Crippen molar-refractivity contribution in [2.24, 2.45) is 0 Å². The number of aromatic nitrogens is 1. The molecule has 0 aromatic carbocycles. The number of aromatic amines is 1. The smallest absolute Gasteiger partial charge is 0.274 e. The molecule has 0 unspecified atom stereocenters. The molecule has 0 spiro atoms. The van der Waals surface area contributed by atoms with Crippen LogP contribution < -0.4 is 14.8 Å². The summed E-state index contributed by atoms with van der Waals surface area (Å²) in [5.74, 6) is 0.871. The van der Waals surface area contributed by atoms with Gasteiger partial charge in [-0.2, -0.15) is 0 Å². The molecule has 7 heteroatoms. The molecule has 1 fully saturated rings. The average Bonchev–Trinajstić information content (AvgIpc) is 2.39. The zero-order chi connectivity index (χ0) is 13.7. The molecule has 2 heterocycles. The van der Waals surface area contributed by atoms with Crippen molar-refractivity contribution in [1.29, 1.82) is 0 Å². The highest BCUT2D eigenvalue weighted by Gasteiger charge is 2.25. The fourth-order valence-electron chi connectivity index (χ4n) is 2.39. The van der Waals surface area contributed by atoms with Crippen LogP contribution in [0.3, 0.4) is 0 Å². The Kier molecular flexibility index (Phi) is 4.73. The van der Waals surface area contributed by atoms with E-state index in [-0.39, 0.29) is 5.75 Å². The minimum Gasteiger partial charge on any atom is -0.748 e. The third-order valence-electron chi connectivity index (χ3n) is 3.43. The van der Waals surface area contributed by atoms with E-state index >= 15 is 0 Å². The minimum atomic E-state index is -4.06. The molecule has 1 aliphatic heterocycles. The number of quaternary nitrogens is 1. The van der Waals surface area contributed by atoms with E-state index in [1.54, 1.807) is 0 Å². The first-order valence-electron chi connectivity index (χ1n) is 6.53. The third kappa shape index (κ3) is 4.77. The minimum absolute atomic E-state index is 0.243. The van der Waals surface area contributed by atoms with Gasteiger partial charge in [-0.25, -0.2) is 13.4 Å². The Morgan fingerprint density at radius 1 is 1.32 bits per heavy atom. The predicted octanol–water partition coefficient (Wildman–Crippen LogP) is -1.86. The molecular weight excluding hydrogens is 266 g/mol. The summed E-state index contributed by atoms with van der Waals surface area (Å²) in [6.45, 7) is 4.59. The van der Waals surface area contributed by atoms with Gasteiger partial charge in [0.15, 0.2) is 0 Å². The maximum Gasteiger partial charge on any atom is 0.274 e. The summed E-state index contributed by atoms with van der Waals surface area (Å²) < 4.78 is 31.6. The molecule has 1 aromatic heterocycles. The van der Waals surface area contributed by atoms with E-state index in [1.807, 2.05) is 18.3 Å². The SMILES string of the molecule is O=S(=O)([O-])CCC[NH+]1CCN(c2cccc[nH+]2)CC1. The Morgan fingerprint density at radius 3 is 2.63 bits per heavy atom. The van der Waals surface area contributed by atoms with E-state index < -0.39 is 10.1 Å². The zero-order valence-electron chi connectivity index (χ0n) is 10.8. The number of nitrogens with zero attached hydrogens (tertiary/aromatic N) is 1. The van der Waals surface area contributed by atoms with Crippen molar-refractivity contribution in [3.8, 4) is 0 Å². The van der Waals surface area contributed by atoms with Crippen LogP contribution in [0.2, 0.25) is 0 Å². The van der Waals surface area contributed by atoms with E-state index in [0.717, 1.165) is 38.5 Å². The molecule has 1 aromatic rings. The van der Waals surface area contributed by atoms with Crippen LogP contribution in [0.1, 0.15) is 6.42 Å². The molecule has 19 heavy (non-hydrogen) atoms. The highest BCUT2D eigenvalue weighted by atomic mass is 32.2. The Labute approximate surface area is 113 Å². The number of rotatable bonds is 5. The van der Waals surface area contributed by atoms with E-state index in [4.69, 9.17) is 0 Å². The standard InChI is InChI=1S/C12H19N3O3S/c16-19(17,18)11-3-6-14-7-9-15(10-8-14)12-4-1-2-5-13-12/h1-2,4-5H,3,6-11H2,(H,16,17,18)/p+1. The molecule has 2 N–H and O–H groups in total. The number of hydrogen-bond acceptors (Lipinski definition) is 4. The first-order valence-corrected chi connectivity index (χ1v) is 8.11. The largest absolute Gasteiger partial charge is 0.748 e. The molecule has 106 valence electrons. The van der Waals surface area contributed by atoms with Crippen LogP contribution in [0.25, 0.3) is 0 Å². The molecular formula is C12H20N3O3S+. The molecule has 6 nitrogen and oxygen atoms in total. The monoisotopic (exact) mass is 286 g/mol. The second-order valence-corrected chi connectivity index (χ2v) is 6.37. The summed E-state index contributed by atoms with van der Waals surface area (Å²) in [5, 5.41) is 0. The molecule has 2 rings (SSSR count). The van der Waals surface area contributed by atoms with Gasteiger partial charge < -0.3 is 9.45 Å². The lowest BCUT2D eigenvalue weighted by atomic mass is 10.3. The zero-order valence-corrected chi connectivity index (χ0v) is 11.7. The molecule has 0 amide bonds. The molecule has 0 bridgehead atoms. The van der Waals surface area contributed by atoms with Gasteiger partial charge in [-0.3, -0.25) is 4.90 Å². The first-order chi connectivity index (χ1) is 9.04.